The lowest BCUT2D eigenvalue weighted by atomic mass is 9.79. The molecular weight excluding hydrogens is 414 g/mol. The van der Waals surface area contributed by atoms with Gasteiger partial charge in [-0.2, -0.15) is 0 Å². The third kappa shape index (κ3) is 4.45. The predicted molar refractivity (Wildman–Crippen MR) is 127 cm³/mol. The molecule has 0 bridgehead atoms. The molecule has 3 aliphatic heterocycles. The number of carbonyl (C=O) groups excluding carboxylic acids is 2. The first-order valence-electron chi connectivity index (χ1n) is 12.3. The van der Waals surface area contributed by atoms with E-state index in [9.17, 15) is 9.59 Å². The van der Waals surface area contributed by atoms with E-state index in [1.807, 2.05) is 30.0 Å². The van der Waals surface area contributed by atoms with Gasteiger partial charge in [0.1, 0.15) is 5.69 Å². The number of aromatic nitrogens is 2. The van der Waals surface area contributed by atoms with Crippen molar-refractivity contribution in [3.63, 3.8) is 0 Å². The molecular formula is C26H33N5O2. The molecule has 5 rings (SSSR count). The van der Waals surface area contributed by atoms with Crippen molar-refractivity contribution < 1.29 is 9.59 Å². The number of rotatable bonds is 3. The zero-order valence-corrected chi connectivity index (χ0v) is 19.4. The molecule has 0 radical (unpaired) electrons. The van der Waals surface area contributed by atoms with Gasteiger partial charge < -0.3 is 15.1 Å². The number of amides is 2. The van der Waals surface area contributed by atoms with Crippen molar-refractivity contribution in [1.29, 1.82) is 0 Å². The van der Waals surface area contributed by atoms with Gasteiger partial charge in [0.15, 0.2) is 0 Å². The smallest absolute Gasteiger partial charge is 0.272 e. The molecule has 2 aromatic rings. The third-order valence-electron chi connectivity index (χ3n) is 7.40. The van der Waals surface area contributed by atoms with Gasteiger partial charge in [0.25, 0.3) is 5.91 Å². The molecule has 3 aliphatic rings. The first kappa shape index (κ1) is 21.9. The summed E-state index contributed by atoms with van der Waals surface area (Å²) in [6, 6.07) is 12.1. The van der Waals surface area contributed by atoms with Crippen LogP contribution in [0, 0.1) is 6.92 Å². The predicted octanol–water partition coefficient (Wildman–Crippen LogP) is 3.44. The average molecular weight is 448 g/mol. The lowest BCUT2D eigenvalue weighted by molar-refractivity contribution is -0.122. The summed E-state index contributed by atoms with van der Waals surface area (Å²) in [4.78, 5) is 39.7. The molecule has 0 aliphatic carbocycles. The van der Waals surface area contributed by atoms with Crippen LogP contribution in [0.1, 0.15) is 72.6 Å². The van der Waals surface area contributed by atoms with Crippen LogP contribution in [-0.2, 0) is 4.79 Å². The molecule has 0 unspecified atom stereocenters. The number of piperidine rings is 1. The molecule has 1 spiro atoms. The molecule has 7 heteroatoms. The fourth-order valence-electron chi connectivity index (χ4n) is 5.74. The van der Waals surface area contributed by atoms with Gasteiger partial charge in [-0.05, 0) is 50.7 Å². The van der Waals surface area contributed by atoms with Gasteiger partial charge in [0.2, 0.25) is 11.9 Å². The van der Waals surface area contributed by atoms with Gasteiger partial charge in [0, 0.05) is 44.2 Å². The Morgan fingerprint density at radius 2 is 1.85 bits per heavy atom. The van der Waals surface area contributed by atoms with Crippen molar-refractivity contribution in [3.8, 4) is 0 Å². The minimum absolute atomic E-state index is 0.0641. The summed E-state index contributed by atoms with van der Waals surface area (Å²) in [5.74, 6) is 0.742. The number of hydrogen-bond acceptors (Lipinski definition) is 5. The van der Waals surface area contributed by atoms with Gasteiger partial charge in [0.05, 0.1) is 5.54 Å². The van der Waals surface area contributed by atoms with Gasteiger partial charge >= 0.3 is 0 Å². The van der Waals surface area contributed by atoms with E-state index in [1.165, 1.54) is 12.0 Å². The molecule has 4 heterocycles. The highest BCUT2D eigenvalue weighted by Gasteiger charge is 2.50. The number of nitrogens with one attached hydrogen (secondary N) is 1. The summed E-state index contributed by atoms with van der Waals surface area (Å²) >= 11 is 0. The van der Waals surface area contributed by atoms with Crippen LogP contribution < -0.4 is 10.2 Å². The first-order chi connectivity index (χ1) is 16.0. The maximum absolute atomic E-state index is 13.7. The Bertz CT molecular complexity index is 1020. The van der Waals surface area contributed by atoms with E-state index in [4.69, 9.17) is 4.98 Å². The van der Waals surface area contributed by atoms with Gasteiger partial charge in [-0.3, -0.25) is 9.59 Å². The summed E-state index contributed by atoms with van der Waals surface area (Å²) in [6.45, 7) is 4.89. The molecule has 33 heavy (non-hydrogen) atoms. The highest BCUT2D eigenvalue weighted by molar-refractivity contribution is 5.93. The molecule has 2 amide bonds. The van der Waals surface area contributed by atoms with Gasteiger partial charge in [-0.25, -0.2) is 9.97 Å². The summed E-state index contributed by atoms with van der Waals surface area (Å²) in [5.41, 5.74) is 2.00. The van der Waals surface area contributed by atoms with Crippen molar-refractivity contribution >= 4 is 17.8 Å². The number of benzene rings is 1. The summed E-state index contributed by atoms with van der Waals surface area (Å²) in [5, 5.41) is 3.34. The average Bonchev–Trinajstić information content (AvgIpc) is 3.10. The van der Waals surface area contributed by atoms with Crippen molar-refractivity contribution in [3.05, 3.63) is 53.3 Å². The molecule has 3 fully saturated rings. The van der Waals surface area contributed by atoms with E-state index in [2.05, 4.69) is 27.3 Å². The second-order valence-electron chi connectivity index (χ2n) is 9.80. The second-order valence-corrected chi connectivity index (χ2v) is 9.80. The second kappa shape index (κ2) is 9.12. The van der Waals surface area contributed by atoms with E-state index in [1.54, 1.807) is 6.07 Å². The Kier molecular flexibility index (Phi) is 6.04. The number of aryl methyl sites for hydroxylation is 1. The largest absolute Gasteiger partial charge is 0.348 e. The fraction of sp³-hybridized carbons (Fsp3) is 0.538. The Balaban J connectivity index is 1.45. The molecule has 1 aromatic carbocycles. The normalized spacial score (nSPS) is 25.7. The summed E-state index contributed by atoms with van der Waals surface area (Å²) < 4.78 is 0. The maximum atomic E-state index is 13.7. The topological polar surface area (TPSA) is 78.4 Å². The third-order valence-corrected chi connectivity index (χ3v) is 7.40. The van der Waals surface area contributed by atoms with Crippen LogP contribution in [0.4, 0.5) is 5.95 Å². The van der Waals surface area contributed by atoms with E-state index >= 15 is 0 Å². The van der Waals surface area contributed by atoms with Crippen LogP contribution in [-0.4, -0.2) is 58.4 Å². The van der Waals surface area contributed by atoms with Crippen LogP contribution >= 0.6 is 0 Å². The molecule has 1 aromatic heterocycles. The molecule has 0 saturated carbocycles. The zero-order chi connectivity index (χ0) is 22.8. The van der Waals surface area contributed by atoms with Crippen LogP contribution in [0.3, 0.4) is 0 Å². The SMILES string of the molecule is Cc1cc(C(=O)N2C[C@@H](c3ccccc3)[C@@]3(CCCCC(=O)N3)C2)nc(N2CCCCC2)n1. The van der Waals surface area contributed by atoms with Gasteiger partial charge in [-0.1, -0.05) is 36.8 Å². The standard InChI is InChI=1S/C26H33N5O2/c1-19-16-22(28-25(27-19)30-14-8-3-9-15-30)24(33)31-17-21(20-10-4-2-5-11-20)26(18-31)13-7-6-12-23(32)29-26/h2,4-5,10-11,16,21H,3,6-9,12-15,17-18H2,1H3,(H,29,32)/t21-,26+/m0/s1. The molecule has 2 atom stereocenters. The first-order valence-corrected chi connectivity index (χ1v) is 12.3. The Morgan fingerprint density at radius 3 is 2.64 bits per heavy atom. The fourth-order valence-corrected chi connectivity index (χ4v) is 5.74. The Labute approximate surface area is 195 Å². The quantitative estimate of drug-likeness (QED) is 0.780. The number of nitrogens with zero attached hydrogens (tertiary/aromatic N) is 4. The van der Waals surface area contributed by atoms with Gasteiger partial charge in [-0.15, -0.1) is 0 Å². The Hall–Kier alpha value is -2.96. The van der Waals surface area contributed by atoms with Crippen LogP contribution in [0.2, 0.25) is 0 Å². The lowest BCUT2D eigenvalue weighted by Crippen LogP contribution is -2.52. The Morgan fingerprint density at radius 1 is 1.06 bits per heavy atom. The number of likely N-dealkylation sites (tertiary alicyclic amines) is 1. The number of hydrogen-bond donors (Lipinski definition) is 1. The molecule has 174 valence electrons. The van der Waals surface area contributed by atoms with Crippen molar-refractivity contribution in [1.82, 2.24) is 20.2 Å². The molecule has 1 N–H and O–H groups in total. The highest BCUT2D eigenvalue weighted by atomic mass is 16.2. The number of carbonyl (C=O) groups is 2. The maximum Gasteiger partial charge on any atom is 0.272 e. The van der Waals surface area contributed by atoms with Crippen molar-refractivity contribution in [2.24, 2.45) is 0 Å². The monoisotopic (exact) mass is 447 g/mol. The summed E-state index contributed by atoms with van der Waals surface area (Å²) in [6.07, 6.45) is 6.81. The van der Waals surface area contributed by atoms with E-state index in [0.717, 1.165) is 50.9 Å². The van der Waals surface area contributed by atoms with Crippen LogP contribution in [0.25, 0.3) is 0 Å². The number of anilines is 1. The van der Waals surface area contributed by atoms with Crippen molar-refractivity contribution in [2.45, 2.75) is 63.3 Å². The minimum atomic E-state index is -0.428. The van der Waals surface area contributed by atoms with E-state index < -0.39 is 5.54 Å². The van der Waals surface area contributed by atoms with E-state index in [-0.39, 0.29) is 17.7 Å². The van der Waals surface area contributed by atoms with E-state index in [0.29, 0.717) is 31.2 Å². The lowest BCUT2D eigenvalue weighted by Gasteiger charge is -2.34. The summed E-state index contributed by atoms with van der Waals surface area (Å²) in [7, 11) is 0. The van der Waals surface area contributed by atoms with Crippen LogP contribution in [0.15, 0.2) is 36.4 Å². The molecule has 3 saturated heterocycles. The molecule has 7 nitrogen and oxygen atoms in total. The van der Waals surface area contributed by atoms with Crippen molar-refractivity contribution in [2.75, 3.05) is 31.1 Å². The highest BCUT2D eigenvalue weighted by Crippen LogP contribution is 2.41. The zero-order valence-electron chi connectivity index (χ0n) is 19.4. The van der Waals surface area contributed by atoms with Crippen LogP contribution in [0.5, 0.6) is 0 Å². The minimum Gasteiger partial charge on any atom is -0.348 e.